The minimum absolute atomic E-state index is 0.154. The molecule has 1 aromatic heterocycles. The van der Waals surface area contributed by atoms with Gasteiger partial charge in [0.2, 0.25) is 0 Å². The Morgan fingerprint density at radius 2 is 2.14 bits per heavy atom. The molecule has 0 radical (unpaired) electrons. The number of anilines is 1. The maximum absolute atomic E-state index is 12.1. The Balaban J connectivity index is 2.05. The number of aryl methyl sites for hydroxylation is 1. The third-order valence-corrected chi connectivity index (χ3v) is 3.34. The van der Waals surface area contributed by atoms with Gasteiger partial charge in [-0.2, -0.15) is 0 Å². The monoisotopic (exact) mass is 286 g/mol. The van der Waals surface area contributed by atoms with E-state index in [2.05, 4.69) is 30.5 Å². The first kappa shape index (κ1) is 15.3. The lowest BCUT2D eigenvalue weighted by Crippen LogP contribution is -2.19. The van der Waals surface area contributed by atoms with Crippen LogP contribution in [0, 0.1) is 6.92 Å². The number of carbonyl (C=O) groups is 1. The molecule has 2 rings (SSSR count). The molecule has 4 nitrogen and oxygen atoms in total. The molecule has 0 saturated heterocycles. The SMILES string of the molecule is CCCNC(C)c1cccc(NC(=O)c2coc(C)c2)c1. The molecule has 0 spiro atoms. The van der Waals surface area contributed by atoms with Gasteiger partial charge in [0, 0.05) is 11.7 Å². The van der Waals surface area contributed by atoms with Crippen LogP contribution in [0.4, 0.5) is 5.69 Å². The molecule has 1 atom stereocenters. The molecule has 0 bridgehead atoms. The van der Waals surface area contributed by atoms with Gasteiger partial charge in [-0.25, -0.2) is 0 Å². The normalized spacial score (nSPS) is 12.1. The number of hydrogen-bond donors (Lipinski definition) is 2. The summed E-state index contributed by atoms with van der Waals surface area (Å²) >= 11 is 0. The fraction of sp³-hybridized carbons (Fsp3) is 0.353. The molecule has 0 aliphatic heterocycles. The highest BCUT2D eigenvalue weighted by atomic mass is 16.3. The van der Waals surface area contributed by atoms with Gasteiger partial charge in [0.05, 0.1) is 5.56 Å². The van der Waals surface area contributed by atoms with Crippen LogP contribution in [0.25, 0.3) is 0 Å². The van der Waals surface area contributed by atoms with Crippen LogP contribution in [0.2, 0.25) is 0 Å². The highest BCUT2D eigenvalue weighted by Crippen LogP contribution is 2.18. The van der Waals surface area contributed by atoms with Crippen molar-refractivity contribution in [1.29, 1.82) is 0 Å². The van der Waals surface area contributed by atoms with E-state index in [1.165, 1.54) is 6.26 Å². The van der Waals surface area contributed by atoms with Gasteiger partial charge in [0.1, 0.15) is 12.0 Å². The summed E-state index contributed by atoms with van der Waals surface area (Å²) < 4.78 is 5.16. The highest BCUT2D eigenvalue weighted by molar-refractivity contribution is 6.04. The first-order valence-electron chi connectivity index (χ1n) is 7.30. The third-order valence-electron chi connectivity index (χ3n) is 3.34. The van der Waals surface area contributed by atoms with E-state index in [1.54, 1.807) is 6.07 Å². The Hall–Kier alpha value is -2.07. The number of amides is 1. The minimum atomic E-state index is -0.154. The Morgan fingerprint density at radius 3 is 2.81 bits per heavy atom. The Morgan fingerprint density at radius 1 is 1.33 bits per heavy atom. The van der Waals surface area contributed by atoms with E-state index in [0.717, 1.165) is 30.0 Å². The number of rotatable bonds is 6. The molecule has 0 aliphatic rings. The van der Waals surface area contributed by atoms with Crippen LogP contribution in [0.1, 0.15) is 48.0 Å². The van der Waals surface area contributed by atoms with Crippen molar-refractivity contribution in [3.05, 3.63) is 53.5 Å². The zero-order valence-corrected chi connectivity index (χ0v) is 12.8. The largest absolute Gasteiger partial charge is 0.469 e. The molecule has 1 amide bonds. The van der Waals surface area contributed by atoms with Crippen LogP contribution >= 0.6 is 0 Å². The maximum Gasteiger partial charge on any atom is 0.258 e. The zero-order chi connectivity index (χ0) is 15.2. The van der Waals surface area contributed by atoms with E-state index in [9.17, 15) is 4.79 Å². The average molecular weight is 286 g/mol. The fourth-order valence-corrected chi connectivity index (χ4v) is 2.13. The molecule has 1 heterocycles. The van der Waals surface area contributed by atoms with Gasteiger partial charge < -0.3 is 15.1 Å². The van der Waals surface area contributed by atoms with Gasteiger partial charge in [0.15, 0.2) is 0 Å². The predicted octanol–water partition coefficient (Wildman–Crippen LogP) is 3.90. The number of carbonyl (C=O) groups excluding carboxylic acids is 1. The van der Waals surface area contributed by atoms with E-state index in [-0.39, 0.29) is 11.9 Å². The summed E-state index contributed by atoms with van der Waals surface area (Å²) in [6.07, 6.45) is 2.57. The molecule has 0 fully saturated rings. The first-order chi connectivity index (χ1) is 10.1. The van der Waals surface area contributed by atoms with Crippen LogP contribution in [0.3, 0.4) is 0 Å². The summed E-state index contributed by atoms with van der Waals surface area (Å²) in [6.45, 7) is 7.06. The number of furan rings is 1. The molecule has 2 aromatic rings. The average Bonchev–Trinajstić information content (AvgIpc) is 2.91. The van der Waals surface area contributed by atoms with Crippen molar-refractivity contribution >= 4 is 11.6 Å². The Kier molecular flexibility index (Phi) is 5.17. The van der Waals surface area contributed by atoms with Crippen molar-refractivity contribution in [3.63, 3.8) is 0 Å². The predicted molar refractivity (Wildman–Crippen MR) is 84.5 cm³/mol. The number of nitrogens with one attached hydrogen (secondary N) is 2. The second-order valence-electron chi connectivity index (χ2n) is 5.20. The van der Waals surface area contributed by atoms with Crippen LogP contribution in [-0.4, -0.2) is 12.5 Å². The van der Waals surface area contributed by atoms with E-state index in [4.69, 9.17) is 4.42 Å². The van der Waals surface area contributed by atoms with Gasteiger partial charge >= 0.3 is 0 Å². The van der Waals surface area contributed by atoms with E-state index in [0.29, 0.717) is 5.56 Å². The standard InChI is InChI=1S/C17H22N2O2/c1-4-8-18-13(3)14-6-5-7-16(10-14)19-17(20)15-9-12(2)21-11-15/h5-7,9-11,13,18H,4,8H2,1-3H3,(H,19,20). The van der Waals surface area contributed by atoms with Crippen molar-refractivity contribution in [2.24, 2.45) is 0 Å². The quantitative estimate of drug-likeness (QED) is 0.846. The molecule has 0 saturated carbocycles. The summed E-state index contributed by atoms with van der Waals surface area (Å²) in [5.41, 5.74) is 2.49. The highest BCUT2D eigenvalue weighted by Gasteiger charge is 2.10. The summed E-state index contributed by atoms with van der Waals surface area (Å²) in [5.74, 6) is 0.574. The maximum atomic E-state index is 12.1. The van der Waals surface area contributed by atoms with Crippen LogP contribution in [0.5, 0.6) is 0 Å². The lowest BCUT2D eigenvalue weighted by Gasteiger charge is -2.15. The van der Waals surface area contributed by atoms with Gasteiger partial charge in [-0.3, -0.25) is 4.79 Å². The fourth-order valence-electron chi connectivity index (χ4n) is 2.13. The van der Waals surface area contributed by atoms with E-state index in [1.807, 2.05) is 25.1 Å². The molecular weight excluding hydrogens is 264 g/mol. The zero-order valence-electron chi connectivity index (χ0n) is 12.8. The van der Waals surface area contributed by atoms with Crippen molar-refractivity contribution in [2.45, 2.75) is 33.2 Å². The Labute approximate surface area is 125 Å². The molecule has 112 valence electrons. The van der Waals surface area contributed by atoms with Crippen LogP contribution in [-0.2, 0) is 0 Å². The molecule has 4 heteroatoms. The molecule has 1 aromatic carbocycles. The number of benzene rings is 1. The second kappa shape index (κ2) is 7.09. The number of hydrogen-bond acceptors (Lipinski definition) is 3. The van der Waals surface area contributed by atoms with Crippen molar-refractivity contribution in [2.75, 3.05) is 11.9 Å². The second-order valence-corrected chi connectivity index (χ2v) is 5.20. The molecule has 1 unspecified atom stereocenters. The lowest BCUT2D eigenvalue weighted by molar-refractivity contribution is 0.102. The molecule has 2 N–H and O–H groups in total. The van der Waals surface area contributed by atoms with Crippen LogP contribution in [0.15, 0.2) is 41.0 Å². The summed E-state index contributed by atoms with van der Waals surface area (Å²) in [4.78, 5) is 12.1. The summed E-state index contributed by atoms with van der Waals surface area (Å²) in [5, 5.41) is 6.33. The van der Waals surface area contributed by atoms with Gasteiger partial charge in [-0.15, -0.1) is 0 Å². The Bertz CT molecular complexity index is 604. The van der Waals surface area contributed by atoms with Crippen LogP contribution < -0.4 is 10.6 Å². The van der Waals surface area contributed by atoms with Gasteiger partial charge in [0.25, 0.3) is 5.91 Å². The van der Waals surface area contributed by atoms with E-state index < -0.39 is 0 Å². The lowest BCUT2D eigenvalue weighted by atomic mass is 10.1. The van der Waals surface area contributed by atoms with Crippen molar-refractivity contribution in [3.8, 4) is 0 Å². The third kappa shape index (κ3) is 4.20. The first-order valence-corrected chi connectivity index (χ1v) is 7.30. The van der Waals surface area contributed by atoms with Gasteiger partial charge in [-0.05, 0) is 50.6 Å². The molecular formula is C17H22N2O2. The minimum Gasteiger partial charge on any atom is -0.469 e. The summed E-state index contributed by atoms with van der Waals surface area (Å²) in [7, 11) is 0. The topological polar surface area (TPSA) is 54.3 Å². The smallest absolute Gasteiger partial charge is 0.258 e. The van der Waals surface area contributed by atoms with E-state index >= 15 is 0 Å². The molecule has 0 aliphatic carbocycles. The summed E-state index contributed by atoms with van der Waals surface area (Å²) in [6, 6.07) is 9.89. The van der Waals surface area contributed by atoms with Crippen molar-refractivity contribution < 1.29 is 9.21 Å². The molecule has 21 heavy (non-hydrogen) atoms. The van der Waals surface area contributed by atoms with Crippen molar-refractivity contribution in [1.82, 2.24) is 5.32 Å². The van der Waals surface area contributed by atoms with Gasteiger partial charge in [-0.1, -0.05) is 19.1 Å².